The Morgan fingerprint density at radius 2 is 1.25 bits per heavy atom. The molecule has 5 rings (SSSR count). The van der Waals surface area contributed by atoms with Crippen LogP contribution in [0, 0.1) is 0 Å². The normalized spacial score (nSPS) is 28.4. The Bertz CT molecular complexity index is 635. The van der Waals surface area contributed by atoms with Gasteiger partial charge in [-0.05, 0) is 11.1 Å². The van der Waals surface area contributed by atoms with Gasteiger partial charge in [0.15, 0.2) is 0 Å². The fraction of sp³-hybridized carbons (Fsp3) is 0.294. The summed E-state index contributed by atoms with van der Waals surface area (Å²) in [7, 11) is 0. The van der Waals surface area contributed by atoms with Crippen molar-refractivity contribution >= 4 is 0 Å². The topological polar surface area (TPSA) is 31.0 Å². The first-order valence-corrected chi connectivity index (χ1v) is 7.01. The zero-order valence-electron chi connectivity index (χ0n) is 10.9. The van der Waals surface area contributed by atoms with Crippen LogP contribution in [0.1, 0.15) is 11.1 Å². The van der Waals surface area contributed by atoms with E-state index < -0.39 is 5.79 Å². The van der Waals surface area contributed by atoms with E-state index in [1.165, 1.54) is 11.1 Å². The first-order chi connectivity index (χ1) is 9.88. The molecule has 1 spiro atoms. The van der Waals surface area contributed by atoms with Crippen LogP contribution in [-0.2, 0) is 20.0 Å². The highest BCUT2D eigenvalue weighted by Gasteiger charge is 2.52. The maximum atomic E-state index is 6.21. The molecular formula is C17H14O3. The van der Waals surface area contributed by atoms with Crippen LogP contribution in [0.25, 0.3) is 11.1 Å². The minimum absolute atomic E-state index is 0.203. The molecule has 3 aliphatic rings. The standard InChI is InChI=1S/C17H14O3/c1-3-7-13-11(5-1)12-6-2-4-8-14(12)17(13)18-9-15-16(20-15)10-19-17/h1-8,15-16H,9-10H2. The molecule has 3 nitrogen and oxygen atoms in total. The molecule has 20 heavy (non-hydrogen) atoms. The summed E-state index contributed by atoms with van der Waals surface area (Å²) >= 11 is 0. The molecule has 0 radical (unpaired) electrons. The highest BCUT2D eigenvalue weighted by molar-refractivity contribution is 5.79. The van der Waals surface area contributed by atoms with Gasteiger partial charge < -0.3 is 14.2 Å². The van der Waals surface area contributed by atoms with Gasteiger partial charge in [0.1, 0.15) is 12.2 Å². The maximum Gasteiger partial charge on any atom is 0.223 e. The minimum atomic E-state index is -0.746. The molecule has 0 aromatic heterocycles. The molecule has 1 aliphatic carbocycles. The summed E-state index contributed by atoms with van der Waals surface area (Å²) in [6.07, 6.45) is 0.406. The number of fused-ring (bicyclic) bond motifs is 6. The van der Waals surface area contributed by atoms with E-state index in [1.807, 2.05) is 12.1 Å². The Morgan fingerprint density at radius 3 is 1.80 bits per heavy atom. The summed E-state index contributed by atoms with van der Waals surface area (Å²) in [5, 5.41) is 0. The third-order valence-electron chi connectivity index (χ3n) is 4.44. The molecule has 2 atom stereocenters. The fourth-order valence-electron chi connectivity index (χ4n) is 3.38. The van der Waals surface area contributed by atoms with E-state index in [0.717, 1.165) is 11.1 Å². The molecule has 0 amide bonds. The van der Waals surface area contributed by atoms with Gasteiger partial charge in [-0.1, -0.05) is 48.5 Å². The second-order valence-corrected chi connectivity index (χ2v) is 5.54. The monoisotopic (exact) mass is 266 g/mol. The number of epoxide rings is 1. The van der Waals surface area contributed by atoms with Crippen LogP contribution in [0.3, 0.4) is 0 Å². The van der Waals surface area contributed by atoms with Crippen molar-refractivity contribution in [3.8, 4) is 11.1 Å². The lowest BCUT2D eigenvalue weighted by atomic mass is 10.0. The zero-order valence-corrected chi connectivity index (χ0v) is 10.9. The molecule has 2 aliphatic heterocycles. The van der Waals surface area contributed by atoms with Crippen molar-refractivity contribution in [3.63, 3.8) is 0 Å². The van der Waals surface area contributed by atoms with Crippen LogP contribution in [-0.4, -0.2) is 25.4 Å². The molecule has 2 fully saturated rings. The number of benzene rings is 2. The zero-order chi connectivity index (χ0) is 13.2. The van der Waals surface area contributed by atoms with Crippen molar-refractivity contribution in [1.82, 2.24) is 0 Å². The Balaban J connectivity index is 1.75. The van der Waals surface area contributed by atoms with Gasteiger partial charge in [0.25, 0.3) is 0 Å². The van der Waals surface area contributed by atoms with E-state index in [2.05, 4.69) is 36.4 Å². The lowest BCUT2D eigenvalue weighted by Gasteiger charge is -2.30. The molecule has 2 aromatic rings. The molecule has 2 aromatic carbocycles. The van der Waals surface area contributed by atoms with Crippen LogP contribution < -0.4 is 0 Å². The summed E-state index contributed by atoms with van der Waals surface area (Å²) in [6, 6.07) is 16.7. The summed E-state index contributed by atoms with van der Waals surface area (Å²) in [4.78, 5) is 0. The molecule has 100 valence electrons. The lowest BCUT2D eigenvalue weighted by molar-refractivity contribution is -0.214. The van der Waals surface area contributed by atoms with E-state index >= 15 is 0 Å². The molecular weight excluding hydrogens is 252 g/mol. The Morgan fingerprint density at radius 1 is 0.750 bits per heavy atom. The molecule has 0 bridgehead atoms. The average Bonchev–Trinajstić information content (AvgIpc) is 3.22. The van der Waals surface area contributed by atoms with E-state index in [4.69, 9.17) is 14.2 Å². The smallest absolute Gasteiger partial charge is 0.223 e. The molecule has 0 N–H and O–H groups in total. The quantitative estimate of drug-likeness (QED) is 0.687. The van der Waals surface area contributed by atoms with Crippen molar-refractivity contribution in [2.24, 2.45) is 0 Å². The average molecular weight is 266 g/mol. The SMILES string of the molecule is c1ccc2c(c1)-c1ccccc1C21OCC2OC2CO1. The lowest BCUT2D eigenvalue weighted by Crippen LogP contribution is -2.33. The first-order valence-electron chi connectivity index (χ1n) is 7.01. The van der Waals surface area contributed by atoms with E-state index in [0.29, 0.717) is 13.2 Å². The van der Waals surface area contributed by atoms with Crippen LogP contribution in [0.5, 0.6) is 0 Å². The van der Waals surface area contributed by atoms with Gasteiger partial charge in [-0.3, -0.25) is 0 Å². The van der Waals surface area contributed by atoms with Crippen molar-refractivity contribution in [2.45, 2.75) is 18.0 Å². The third kappa shape index (κ3) is 1.30. The van der Waals surface area contributed by atoms with Gasteiger partial charge in [0, 0.05) is 11.1 Å². The molecule has 2 saturated heterocycles. The van der Waals surface area contributed by atoms with E-state index in [9.17, 15) is 0 Å². The summed E-state index contributed by atoms with van der Waals surface area (Å²) in [5.74, 6) is -0.746. The van der Waals surface area contributed by atoms with Crippen molar-refractivity contribution in [2.75, 3.05) is 13.2 Å². The second kappa shape index (κ2) is 3.70. The Kier molecular flexibility index (Phi) is 2.04. The molecule has 0 saturated carbocycles. The molecule has 2 heterocycles. The Hall–Kier alpha value is -1.68. The van der Waals surface area contributed by atoms with E-state index in [1.54, 1.807) is 0 Å². The summed E-state index contributed by atoms with van der Waals surface area (Å²) in [6.45, 7) is 1.18. The molecule has 2 unspecified atom stereocenters. The number of hydrogen-bond acceptors (Lipinski definition) is 3. The second-order valence-electron chi connectivity index (χ2n) is 5.54. The third-order valence-corrected chi connectivity index (χ3v) is 4.44. The van der Waals surface area contributed by atoms with Gasteiger partial charge in [0.05, 0.1) is 13.2 Å². The van der Waals surface area contributed by atoms with Crippen LogP contribution in [0.2, 0.25) is 0 Å². The van der Waals surface area contributed by atoms with Crippen molar-refractivity contribution in [1.29, 1.82) is 0 Å². The number of hydrogen-bond donors (Lipinski definition) is 0. The van der Waals surface area contributed by atoms with Gasteiger partial charge in [-0.15, -0.1) is 0 Å². The number of ether oxygens (including phenoxy) is 3. The number of rotatable bonds is 0. The first kappa shape index (κ1) is 11.0. The van der Waals surface area contributed by atoms with E-state index in [-0.39, 0.29) is 12.2 Å². The van der Waals surface area contributed by atoms with Crippen LogP contribution in [0.15, 0.2) is 48.5 Å². The van der Waals surface area contributed by atoms with Gasteiger partial charge in [0.2, 0.25) is 5.79 Å². The maximum absolute atomic E-state index is 6.21. The summed E-state index contributed by atoms with van der Waals surface area (Å²) in [5.41, 5.74) is 4.64. The highest BCUT2D eigenvalue weighted by Crippen LogP contribution is 2.52. The predicted octanol–water partition coefficient (Wildman–Crippen LogP) is 2.68. The van der Waals surface area contributed by atoms with Gasteiger partial charge in [-0.25, -0.2) is 0 Å². The van der Waals surface area contributed by atoms with Gasteiger partial charge in [-0.2, -0.15) is 0 Å². The minimum Gasteiger partial charge on any atom is -0.365 e. The fourth-order valence-corrected chi connectivity index (χ4v) is 3.38. The highest BCUT2D eigenvalue weighted by atomic mass is 16.7. The predicted molar refractivity (Wildman–Crippen MR) is 73.2 cm³/mol. The summed E-state index contributed by atoms with van der Waals surface area (Å²) < 4.78 is 17.9. The van der Waals surface area contributed by atoms with Gasteiger partial charge >= 0.3 is 0 Å². The largest absolute Gasteiger partial charge is 0.365 e. The molecule has 3 heteroatoms. The Labute approximate surface area is 117 Å². The van der Waals surface area contributed by atoms with Crippen LogP contribution in [0.4, 0.5) is 0 Å². The van der Waals surface area contributed by atoms with Crippen molar-refractivity contribution < 1.29 is 14.2 Å². The van der Waals surface area contributed by atoms with Crippen LogP contribution >= 0.6 is 0 Å². The van der Waals surface area contributed by atoms with Crippen molar-refractivity contribution in [3.05, 3.63) is 59.7 Å².